The lowest BCUT2D eigenvalue weighted by Gasteiger charge is -2.13. The predicted octanol–water partition coefficient (Wildman–Crippen LogP) is 4.16. The van der Waals surface area contributed by atoms with Crippen molar-refractivity contribution in [2.24, 2.45) is 0 Å². The largest absolute Gasteiger partial charge is 0.353 e. The zero-order valence-corrected chi connectivity index (χ0v) is 13.5. The van der Waals surface area contributed by atoms with Crippen LogP contribution in [-0.4, -0.2) is 17.9 Å². The first-order valence-electron chi connectivity index (χ1n) is 6.67. The standard InChI is InChI=1S/C15H11Cl2N3O3/c1-19-13-3-2-9(4-8(13)5-14(19)21)18-15-11(16)6-10(20(22)23)7-12(15)17/h2-4,6-7,18H,5H2,1H3. The van der Waals surface area contributed by atoms with Crippen LogP contribution in [0, 0.1) is 10.1 Å². The number of fused-ring (bicyclic) bond motifs is 1. The topological polar surface area (TPSA) is 75.5 Å². The van der Waals surface area contributed by atoms with Crippen LogP contribution in [0.2, 0.25) is 10.0 Å². The molecule has 0 aliphatic carbocycles. The molecule has 23 heavy (non-hydrogen) atoms. The molecule has 3 rings (SSSR count). The first kappa shape index (κ1) is 15.6. The Labute approximate surface area is 141 Å². The lowest BCUT2D eigenvalue weighted by atomic mass is 10.1. The number of nitrogens with one attached hydrogen (secondary N) is 1. The number of non-ortho nitro benzene ring substituents is 1. The van der Waals surface area contributed by atoms with Gasteiger partial charge in [0, 0.05) is 30.6 Å². The van der Waals surface area contributed by atoms with Crippen molar-refractivity contribution in [2.75, 3.05) is 17.3 Å². The van der Waals surface area contributed by atoms with Crippen molar-refractivity contribution < 1.29 is 9.72 Å². The van der Waals surface area contributed by atoms with E-state index in [-0.39, 0.29) is 21.6 Å². The van der Waals surface area contributed by atoms with Crippen molar-refractivity contribution in [1.29, 1.82) is 0 Å². The number of carbonyl (C=O) groups excluding carboxylic acids is 1. The van der Waals surface area contributed by atoms with Gasteiger partial charge in [0.2, 0.25) is 5.91 Å². The van der Waals surface area contributed by atoms with Crippen molar-refractivity contribution in [3.63, 3.8) is 0 Å². The Hall–Kier alpha value is -2.31. The maximum atomic E-state index is 11.7. The van der Waals surface area contributed by atoms with Crippen LogP contribution in [0.4, 0.5) is 22.7 Å². The fourth-order valence-corrected chi connectivity index (χ4v) is 3.05. The number of carbonyl (C=O) groups is 1. The average molecular weight is 352 g/mol. The third-order valence-corrected chi connectivity index (χ3v) is 4.26. The molecule has 1 aliphatic rings. The molecule has 2 aromatic rings. The van der Waals surface area contributed by atoms with Gasteiger partial charge in [-0.05, 0) is 23.8 Å². The predicted molar refractivity (Wildman–Crippen MR) is 90.0 cm³/mol. The van der Waals surface area contributed by atoms with Crippen LogP contribution in [0.25, 0.3) is 0 Å². The van der Waals surface area contributed by atoms with Crippen molar-refractivity contribution >= 4 is 51.9 Å². The van der Waals surface area contributed by atoms with Crippen LogP contribution in [0.1, 0.15) is 5.56 Å². The summed E-state index contributed by atoms with van der Waals surface area (Å²) >= 11 is 12.2. The highest BCUT2D eigenvalue weighted by Crippen LogP contribution is 2.38. The van der Waals surface area contributed by atoms with Crippen molar-refractivity contribution in [3.05, 3.63) is 56.1 Å². The maximum Gasteiger partial charge on any atom is 0.272 e. The molecule has 0 fully saturated rings. The van der Waals surface area contributed by atoms with Gasteiger partial charge in [-0.3, -0.25) is 14.9 Å². The number of nitrogens with zero attached hydrogens (tertiary/aromatic N) is 2. The molecule has 8 heteroatoms. The Morgan fingerprint density at radius 3 is 2.48 bits per heavy atom. The molecule has 0 bridgehead atoms. The molecule has 1 aliphatic heterocycles. The summed E-state index contributed by atoms with van der Waals surface area (Å²) in [5.74, 6) is 0.0311. The molecule has 0 aromatic heterocycles. The van der Waals surface area contributed by atoms with Crippen molar-refractivity contribution in [1.82, 2.24) is 0 Å². The van der Waals surface area contributed by atoms with Crippen LogP contribution in [-0.2, 0) is 11.2 Å². The number of rotatable bonds is 3. The molecule has 118 valence electrons. The molecule has 0 radical (unpaired) electrons. The fourth-order valence-electron chi connectivity index (χ4n) is 2.48. The van der Waals surface area contributed by atoms with Gasteiger partial charge in [0.1, 0.15) is 0 Å². The lowest BCUT2D eigenvalue weighted by Crippen LogP contribution is -2.20. The van der Waals surface area contributed by atoms with E-state index in [1.165, 1.54) is 12.1 Å². The van der Waals surface area contributed by atoms with E-state index in [0.717, 1.165) is 11.3 Å². The molecular formula is C15H11Cl2N3O3. The monoisotopic (exact) mass is 351 g/mol. The SMILES string of the molecule is CN1C(=O)Cc2cc(Nc3c(Cl)cc([N+](=O)[O-])cc3Cl)ccc21. The molecule has 1 N–H and O–H groups in total. The zero-order chi connectivity index (χ0) is 16.7. The summed E-state index contributed by atoms with van der Waals surface area (Å²) in [7, 11) is 1.73. The molecule has 0 unspecified atom stereocenters. The Morgan fingerprint density at radius 2 is 1.87 bits per heavy atom. The average Bonchev–Trinajstić information content (AvgIpc) is 2.77. The summed E-state index contributed by atoms with van der Waals surface area (Å²) in [6, 6.07) is 7.93. The normalized spacial score (nSPS) is 13.2. The van der Waals surface area contributed by atoms with Gasteiger partial charge < -0.3 is 10.2 Å². The van der Waals surface area contributed by atoms with Gasteiger partial charge >= 0.3 is 0 Å². The molecular weight excluding hydrogens is 341 g/mol. The van der Waals surface area contributed by atoms with Crippen LogP contribution >= 0.6 is 23.2 Å². The van der Waals surface area contributed by atoms with Gasteiger partial charge in [0.25, 0.3) is 5.69 Å². The number of amides is 1. The summed E-state index contributed by atoms with van der Waals surface area (Å²) in [4.78, 5) is 23.6. The summed E-state index contributed by atoms with van der Waals surface area (Å²) in [6.45, 7) is 0. The number of nitro groups is 1. The molecule has 6 nitrogen and oxygen atoms in total. The lowest BCUT2D eigenvalue weighted by molar-refractivity contribution is -0.384. The Bertz CT molecular complexity index is 816. The van der Waals surface area contributed by atoms with E-state index in [1.807, 2.05) is 12.1 Å². The van der Waals surface area contributed by atoms with E-state index in [1.54, 1.807) is 18.0 Å². The minimum absolute atomic E-state index is 0.0311. The van der Waals surface area contributed by atoms with Gasteiger partial charge in [-0.1, -0.05) is 23.2 Å². The molecule has 0 saturated carbocycles. The molecule has 0 atom stereocenters. The maximum absolute atomic E-state index is 11.7. The minimum atomic E-state index is -0.557. The Kier molecular flexibility index (Phi) is 3.87. The molecule has 0 spiro atoms. The number of anilines is 3. The smallest absolute Gasteiger partial charge is 0.272 e. The highest BCUT2D eigenvalue weighted by molar-refractivity contribution is 6.39. The van der Waals surface area contributed by atoms with Gasteiger partial charge in [-0.25, -0.2) is 0 Å². The highest BCUT2D eigenvalue weighted by Gasteiger charge is 2.24. The van der Waals surface area contributed by atoms with Crippen LogP contribution in [0.5, 0.6) is 0 Å². The number of hydrogen-bond donors (Lipinski definition) is 1. The summed E-state index contributed by atoms with van der Waals surface area (Å²) < 4.78 is 0. The number of hydrogen-bond acceptors (Lipinski definition) is 4. The number of halogens is 2. The second kappa shape index (κ2) is 5.72. The van der Waals surface area contributed by atoms with E-state index in [0.29, 0.717) is 17.8 Å². The van der Waals surface area contributed by atoms with Crippen LogP contribution in [0.3, 0.4) is 0 Å². The Morgan fingerprint density at radius 1 is 1.22 bits per heavy atom. The first-order valence-corrected chi connectivity index (χ1v) is 7.42. The second-order valence-electron chi connectivity index (χ2n) is 5.14. The minimum Gasteiger partial charge on any atom is -0.353 e. The molecule has 1 heterocycles. The van der Waals surface area contributed by atoms with Crippen molar-refractivity contribution in [2.45, 2.75) is 6.42 Å². The highest BCUT2D eigenvalue weighted by atomic mass is 35.5. The number of benzene rings is 2. The summed E-state index contributed by atoms with van der Waals surface area (Å²) in [5.41, 5.74) is 2.67. The van der Waals surface area contributed by atoms with E-state index >= 15 is 0 Å². The van der Waals surface area contributed by atoms with Crippen LogP contribution < -0.4 is 10.2 Å². The van der Waals surface area contributed by atoms with Gasteiger partial charge in [-0.15, -0.1) is 0 Å². The second-order valence-corrected chi connectivity index (χ2v) is 5.95. The third-order valence-electron chi connectivity index (χ3n) is 3.66. The summed E-state index contributed by atoms with van der Waals surface area (Å²) in [6.07, 6.45) is 0.336. The van der Waals surface area contributed by atoms with E-state index in [9.17, 15) is 14.9 Å². The van der Waals surface area contributed by atoms with Gasteiger partial charge in [0.05, 0.1) is 27.1 Å². The number of likely N-dealkylation sites (N-methyl/N-ethyl adjacent to an activating group) is 1. The van der Waals surface area contributed by atoms with E-state index < -0.39 is 4.92 Å². The van der Waals surface area contributed by atoms with E-state index in [4.69, 9.17) is 23.2 Å². The molecule has 0 saturated heterocycles. The molecule has 2 aromatic carbocycles. The summed E-state index contributed by atoms with van der Waals surface area (Å²) in [5, 5.41) is 14.1. The number of nitro benzene ring substituents is 1. The fraction of sp³-hybridized carbons (Fsp3) is 0.133. The van der Waals surface area contributed by atoms with Crippen LogP contribution in [0.15, 0.2) is 30.3 Å². The Balaban J connectivity index is 1.93. The van der Waals surface area contributed by atoms with E-state index in [2.05, 4.69) is 5.32 Å². The van der Waals surface area contributed by atoms with Crippen molar-refractivity contribution in [3.8, 4) is 0 Å². The zero-order valence-electron chi connectivity index (χ0n) is 12.0. The van der Waals surface area contributed by atoms with Gasteiger partial charge in [-0.2, -0.15) is 0 Å². The third kappa shape index (κ3) is 2.83. The molecule has 1 amide bonds. The quantitative estimate of drug-likeness (QED) is 0.665. The first-order chi connectivity index (χ1) is 10.9. The van der Waals surface area contributed by atoms with Gasteiger partial charge in [0.15, 0.2) is 0 Å².